The van der Waals surface area contributed by atoms with Crippen molar-refractivity contribution >= 4 is 36.7 Å². The van der Waals surface area contributed by atoms with E-state index in [1.807, 2.05) is 0 Å². The van der Waals surface area contributed by atoms with Crippen molar-refractivity contribution in [3.8, 4) is 5.75 Å². The SMILES string of the molecule is COC(=O)c1cc(Cl)c2ncn(COCC[Si](C)(C)C)c2c1OC. The lowest BCUT2D eigenvalue weighted by molar-refractivity contribution is 0.0597. The molecular formula is C16H23ClN2O4Si. The van der Waals surface area contributed by atoms with Crippen molar-refractivity contribution in [2.24, 2.45) is 0 Å². The Labute approximate surface area is 147 Å². The molecule has 0 aliphatic rings. The normalized spacial score (nSPS) is 11.8. The van der Waals surface area contributed by atoms with Gasteiger partial charge in [0.25, 0.3) is 0 Å². The molecule has 1 aromatic heterocycles. The zero-order valence-electron chi connectivity index (χ0n) is 14.7. The van der Waals surface area contributed by atoms with Crippen LogP contribution in [0.2, 0.25) is 30.7 Å². The van der Waals surface area contributed by atoms with E-state index in [1.54, 1.807) is 10.9 Å². The van der Waals surface area contributed by atoms with Crippen molar-refractivity contribution in [3.63, 3.8) is 0 Å². The highest BCUT2D eigenvalue weighted by Crippen LogP contribution is 2.35. The van der Waals surface area contributed by atoms with Crippen LogP contribution in [0, 0.1) is 0 Å². The molecule has 0 atom stereocenters. The van der Waals surface area contributed by atoms with Gasteiger partial charge in [-0.25, -0.2) is 9.78 Å². The van der Waals surface area contributed by atoms with Crippen LogP contribution in [0.5, 0.6) is 5.75 Å². The summed E-state index contributed by atoms with van der Waals surface area (Å²) in [6.45, 7) is 7.90. The third-order valence-electron chi connectivity index (χ3n) is 3.63. The van der Waals surface area contributed by atoms with Crippen LogP contribution >= 0.6 is 11.6 Å². The largest absolute Gasteiger partial charge is 0.494 e. The van der Waals surface area contributed by atoms with Gasteiger partial charge in [0.05, 0.1) is 25.6 Å². The van der Waals surface area contributed by atoms with Crippen molar-refractivity contribution in [3.05, 3.63) is 23.0 Å². The lowest BCUT2D eigenvalue weighted by Crippen LogP contribution is -2.22. The van der Waals surface area contributed by atoms with Crippen molar-refractivity contribution in [2.45, 2.75) is 32.4 Å². The Morgan fingerprint density at radius 3 is 2.62 bits per heavy atom. The molecule has 24 heavy (non-hydrogen) atoms. The number of esters is 1. The Balaban J connectivity index is 2.34. The molecular weight excluding hydrogens is 348 g/mol. The Morgan fingerprint density at radius 1 is 1.33 bits per heavy atom. The van der Waals surface area contributed by atoms with Crippen LogP contribution in [0.3, 0.4) is 0 Å². The fourth-order valence-corrected chi connectivity index (χ4v) is 3.29. The third kappa shape index (κ3) is 4.09. The molecule has 8 heteroatoms. The van der Waals surface area contributed by atoms with Crippen LogP contribution in [0.4, 0.5) is 0 Å². The van der Waals surface area contributed by atoms with E-state index in [1.165, 1.54) is 20.3 Å². The second-order valence-corrected chi connectivity index (χ2v) is 12.7. The zero-order valence-corrected chi connectivity index (χ0v) is 16.4. The number of ether oxygens (including phenoxy) is 3. The molecule has 1 aromatic carbocycles. The number of nitrogens with zero attached hydrogens (tertiary/aromatic N) is 2. The molecule has 0 aliphatic heterocycles. The first-order chi connectivity index (χ1) is 11.3. The molecule has 0 spiro atoms. The second kappa shape index (κ2) is 7.54. The highest BCUT2D eigenvalue weighted by atomic mass is 35.5. The summed E-state index contributed by atoms with van der Waals surface area (Å²) in [7, 11) is 1.67. The van der Waals surface area contributed by atoms with Crippen molar-refractivity contribution in [2.75, 3.05) is 20.8 Å². The minimum absolute atomic E-state index is 0.265. The Bertz CT molecular complexity index is 740. The van der Waals surface area contributed by atoms with Crippen LogP contribution in [0.1, 0.15) is 10.4 Å². The molecule has 0 amide bonds. The van der Waals surface area contributed by atoms with Crippen LogP contribution in [-0.4, -0.2) is 44.4 Å². The zero-order chi connectivity index (χ0) is 17.9. The molecule has 132 valence electrons. The fraction of sp³-hybridized carbons (Fsp3) is 0.500. The van der Waals surface area contributed by atoms with Gasteiger partial charge in [-0.2, -0.15) is 0 Å². The predicted molar refractivity (Wildman–Crippen MR) is 96.7 cm³/mol. The van der Waals surface area contributed by atoms with Crippen LogP contribution in [0.15, 0.2) is 12.4 Å². The number of benzene rings is 1. The number of aromatic nitrogens is 2. The van der Waals surface area contributed by atoms with E-state index in [9.17, 15) is 4.79 Å². The van der Waals surface area contributed by atoms with Gasteiger partial charge in [0.1, 0.15) is 23.3 Å². The molecule has 0 aliphatic carbocycles. The van der Waals surface area contributed by atoms with E-state index in [0.717, 1.165) is 6.04 Å². The maximum Gasteiger partial charge on any atom is 0.341 e. The summed E-state index contributed by atoms with van der Waals surface area (Å²) < 4.78 is 17.8. The van der Waals surface area contributed by atoms with Gasteiger partial charge >= 0.3 is 5.97 Å². The summed E-state index contributed by atoms with van der Waals surface area (Å²) in [4.78, 5) is 16.3. The average molecular weight is 371 g/mol. The molecule has 0 unspecified atom stereocenters. The highest BCUT2D eigenvalue weighted by Gasteiger charge is 2.22. The summed E-state index contributed by atoms with van der Waals surface area (Å²) in [5.74, 6) is -0.129. The van der Waals surface area contributed by atoms with Gasteiger partial charge in [0.15, 0.2) is 5.75 Å². The number of imidazole rings is 1. The van der Waals surface area contributed by atoms with Gasteiger partial charge in [-0.1, -0.05) is 31.2 Å². The summed E-state index contributed by atoms with van der Waals surface area (Å²) in [5, 5.41) is 0.368. The van der Waals surface area contributed by atoms with Crippen LogP contribution < -0.4 is 4.74 Å². The predicted octanol–water partition coefficient (Wildman–Crippen LogP) is 3.80. The summed E-state index contributed by atoms with van der Waals surface area (Å²) >= 11 is 6.25. The Morgan fingerprint density at radius 2 is 2.04 bits per heavy atom. The lowest BCUT2D eigenvalue weighted by atomic mass is 10.1. The Kier molecular flexibility index (Phi) is 5.90. The number of rotatable bonds is 7. The summed E-state index contributed by atoms with van der Waals surface area (Å²) in [6, 6.07) is 2.59. The van der Waals surface area contributed by atoms with Gasteiger partial charge < -0.3 is 18.8 Å². The van der Waals surface area contributed by atoms with E-state index < -0.39 is 14.0 Å². The molecule has 6 nitrogen and oxygen atoms in total. The number of hydrogen-bond donors (Lipinski definition) is 0. The maximum absolute atomic E-state index is 12.0. The molecule has 1 heterocycles. The van der Waals surface area contributed by atoms with Crippen LogP contribution in [-0.2, 0) is 16.2 Å². The standard InChI is InChI=1S/C16H23ClN2O4Si/c1-21-15-11(16(20)22-2)8-12(17)13-14(15)19(9-18-13)10-23-6-7-24(3,4)5/h8-9H,6-7,10H2,1-5H3. The number of carbonyl (C=O) groups is 1. The second-order valence-electron chi connectivity index (χ2n) is 6.69. The van der Waals surface area contributed by atoms with Crippen molar-refractivity contribution in [1.82, 2.24) is 9.55 Å². The van der Waals surface area contributed by atoms with Gasteiger partial charge in [-0.3, -0.25) is 0 Å². The summed E-state index contributed by atoms with van der Waals surface area (Å²) in [5.41, 5.74) is 1.45. The van der Waals surface area contributed by atoms with E-state index >= 15 is 0 Å². The Hall–Kier alpha value is -1.57. The first-order valence-corrected chi connectivity index (χ1v) is 11.7. The van der Waals surface area contributed by atoms with Gasteiger partial charge in [0.2, 0.25) is 0 Å². The molecule has 2 rings (SSSR count). The molecule has 2 aromatic rings. The first-order valence-electron chi connectivity index (χ1n) is 7.66. The van der Waals surface area contributed by atoms with Gasteiger partial charge in [-0.05, 0) is 12.1 Å². The fourth-order valence-electron chi connectivity index (χ4n) is 2.29. The number of carbonyl (C=O) groups excluding carboxylic acids is 1. The molecule has 0 N–H and O–H groups in total. The average Bonchev–Trinajstić information content (AvgIpc) is 2.94. The number of methoxy groups -OCH3 is 2. The van der Waals surface area contributed by atoms with E-state index in [-0.39, 0.29) is 5.56 Å². The quantitative estimate of drug-likeness (QED) is 0.421. The van der Waals surface area contributed by atoms with Crippen molar-refractivity contribution < 1.29 is 19.0 Å². The molecule has 0 bridgehead atoms. The summed E-state index contributed by atoms with van der Waals surface area (Å²) in [6.07, 6.45) is 1.63. The number of hydrogen-bond acceptors (Lipinski definition) is 5. The number of fused-ring (bicyclic) bond motifs is 1. The monoisotopic (exact) mass is 370 g/mol. The minimum atomic E-state index is -1.15. The molecule has 0 fully saturated rings. The lowest BCUT2D eigenvalue weighted by Gasteiger charge is -2.16. The topological polar surface area (TPSA) is 62.6 Å². The maximum atomic E-state index is 12.0. The van der Waals surface area contributed by atoms with E-state index in [2.05, 4.69) is 24.6 Å². The molecule has 0 saturated carbocycles. The van der Waals surface area contributed by atoms with Crippen LogP contribution in [0.25, 0.3) is 11.0 Å². The highest BCUT2D eigenvalue weighted by molar-refractivity contribution is 6.76. The smallest absolute Gasteiger partial charge is 0.341 e. The van der Waals surface area contributed by atoms with E-state index in [0.29, 0.717) is 35.1 Å². The first kappa shape index (κ1) is 18.8. The molecule has 0 saturated heterocycles. The third-order valence-corrected chi connectivity index (χ3v) is 5.62. The van der Waals surface area contributed by atoms with E-state index in [4.69, 9.17) is 25.8 Å². The minimum Gasteiger partial charge on any atom is -0.494 e. The number of halogens is 1. The van der Waals surface area contributed by atoms with Gasteiger partial charge in [0, 0.05) is 14.7 Å². The van der Waals surface area contributed by atoms with Gasteiger partial charge in [-0.15, -0.1) is 0 Å². The van der Waals surface area contributed by atoms with Crippen molar-refractivity contribution in [1.29, 1.82) is 0 Å². The molecule has 0 radical (unpaired) electrons.